The van der Waals surface area contributed by atoms with Crippen molar-refractivity contribution in [1.82, 2.24) is 0 Å². The maximum absolute atomic E-state index is 11.8. The van der Waals surface area contributed by atoms with E-state index < -0.39 is 0 Å². The van der Waals surface area contributed by atoms with E-state index in [2.05, 4.69) is 20.8 Å². The molecule has 0 atom stereocenters. The van der Waals surface area contributed by atoms with Crippen LogP contribution < -0.4 is 14.2 Å². The molecule has 0 fully saturated rings. The van der Waals surface area contributed by atoms with Crippen LogP contribution in [0.5, 0.6) is 17.2 Å². The van der Waals surface area contributed by atoms with Gasteiger partial charge in [-0.15, -0.1) is 0 Å². The number of rotatable bonds is 37. The summed E-state index contributed by atoms with van der Waals surface area (Å²) in [5, 5.41) is 11.8. The summed E-state index contributed by atoms with van der Waals surface area (Å²) in [6.45, 7) is 8.42. The van der Waals surface area contributed by atoms with E-state index in [1.54, 1.807) is 0 Å². The third-order valence-corrected chi connectivity index (χ3v) is 9.47. The van der Waals surface area contributed by atoms with Crippen molar-refractivity contribution in [2.45, 2.75) is 213 Å². The molecule has 0 unspecified atom stereocenters. The van der Waals surface area contributed by atoms with Gasteiger partial charge in [-0.25, -0.2) is 0 Å². The van der Waals surface area contributed by atoms with E-state index in [1.807, 2.05) is 0 Å². The number of hydrogen-bond donors (Lipinski definition) is 0. The predicted octanol–water partition coefficient (Wildman–Crippen LogP) is 14.5. The van der Waals surface area contributed by atoms with Crippen LogP contribution >= 0.6 is 0 Å². The lowest BCUT2D eigenvalue weighted by atomic mass is 10.1. The van der Waals surface area contributed by atoms with Gasteiger partial charge < -0.3 is 14.2 Å². The topological polar surface area (TPSA) is 70.8 Å². The van der Waals surface area contributed by atoms with Crippen LogP contribution in [-0.2, 0) is 0 Å². The molecule has 0 bridgehead atoms. The van der Waals surface area contributed by atoms with Crippen LogP contribution in [0.2, 0.25) is 0 Å². The van der Waals surface area contributed by atoms with Crippen molar-refractivity contribution in [3.8, 4) is 17.2 Å². The summed E-state index contributed by atoms with van der Waals surface area (Å²) in [7, 11) is 0. The normalized spacial score (nSPS) is 11.2. The van der Waals surface area contributed by atoms with E-state index in [0.717, 1.165) is 38.5 Å². The zero-order chi connectivity index (χ0) is 34.8. The Bertz CT molecular complexity index is 813. The largest absolute Gasteiger partial charge is 0.489 e. The molecule has 0 N–H and O–H groups in total. The number of non-ortho nitro benzene ring substituents is 1. The Hall–Kier alpha value is -1.98. The van der Waals surface area contributed by atoms with Crippen LogP contribution in [0.1, 0.15) is 213 Å². The van der Waals surface area contributed by atoms with Crippen molar-refractivity contribution >= 4 is 5.69 Å². The predicted molar refractivity (Wildman–Crippen MR) is 205 cm³/mol. The quantitative estimate of drug-likeness (QED) is 0.0399. The van der Waals surface area contributed by atoms with E-state index in [0.29, 0.717) is 37.1 Å². The minimum Gasteiger partial charge on any atom is -0.489 e. The first-order valence-electron chi connectivity index (χ1n) is 20.8. The highest BCUT2D eigenvalue weighted by atomic mass is 16.6. The highest BCUT2D eigenvalue weighted by molar-refractivity contribution is 5.58. The van der Waals surface area contributed by atoms with E-state index in [-0.39, 0.29) is 10.6 Å². The van der Waals surface area contributed by atoms with Crippen LogP contribution in [0.25, 0.3) is 0 Å². The number of nitrogens with zero attached hydrogens (tertiary/aromatic N) is 1. The van der Waals surface area contributed by atoms with Crippen molar-refractivity contribution in [1.29, 1.82) is 0 Å². The van der Waals surface area contributed by atoms with Crippen molar-refractivity contribution in [3.05, 3.63) is 22.2 Å². The molecule has 1 aromatic carbocycles. The Morgan fingerprint density at radius 2 is 0.667 bits per heavy atom. The van der Waals surface area contributed by atoms with Crippen LogP contribution in [-0.4, -0.2) is 24.7 Å². The lowest BCUT2D eigenvalue weighted by Gasteiger charge is -2.17. The summed E-state index contributed by atoms with van der Waals surface area (Å²) in [6, 6.07) is 3.05. The van der Waals surface area contributed by atoms with Gasteiger partial charge in [0.15, 0.2) is 11.5 Å². The molecule has 0 radical (unpaired) electrons. The summed E-state index contributed by atoms with van der Waals surface area (Å²) in [6.07, 6.45) is 37.7. The van der Waals surface area contributed by atoms with Crippen molar-refractivity contribution in [2.24, 2.45) is 0 Å². The fourth-order valence-electron chi connectivity index (χ4n) is 6.33. The van der Waals surface area contributed by atoms with Gasteiger partial charge in [-0.05, 0) is 19.3 Å². The number of ether oxygens (including phenoxy) is 3. The molecule has 6 heteroatoms. The highest BCUT2D eigenvalue weighted by Crippen LogP contribution is 2.42. The number of benzene rings is 1. The molecule has 48 heavy (non-hydrogen) atoms. The molecule has 1 aromatic rings. The van der Waals surface area contributed by atoms with Crippen molar-refractivity contribution in [2.75, 3.05) is 19.8 Å². The van der Waals surface area contributed by atoms with Gasteiger partial charge in [-0.2, -0.15) is 0 Å². The Kier molecular flexibility index (Phi) is 30.8. The molecule has 0 amide bonds. The van der Waals surface area contributed by atoms with Crippen molar-refractivity contribution in [3.63, 3.8) is 0 Å². The molecular formula is C42H77NO5. The van der Waals surface area contributed by atoms with Crippen molar-refractivity contribution < 1.29 is 19.1 Å². The second-order valence-corrected chi connectivity index (χ2v) is 14.1. The SMILES string of the molecule is CCCCCCCCCCCCOc1cc([N+](=O)[O-])cc(OCCCCCCCCCCCC)c1OCCCCCCCCCCCC. The fourth-order valence-corrected chi connectivity index (χ4v) is 6.33. The fraction of sp³-hybridized carbons (Fsp3) is 0.857. The molecule has 0 aromatic heterocycles. The van der Waals surface area contributed by atoms with Gasteiger partial charge in [0.05, 0.1) is 36.9 Å². The summed E-state index contributed by atoms with van der Waals surface area (Å²) in [5.41, 5.74) is -0.00238. The van der Waals surface area contributed by atoms with Gasteiger partial charge in [-0.3, -0.25) is 10.1 Å². The first-order valence-corrected chi connectivity index (χ1v) is 20.8. The van der Waals surface area contributed by atoms with Gasteiger partial charge >= 0.3 is 0 Å². The smallest absolute Gasteiger partial charge is 0.277 e. The lowest BCUT2D eigenvalue weighted by molar-refractivity contribution is -0.385. The van der Waals surface area contributed by atoms with Crippen LogP contribution in [0, 0.1) is 10.1 Å². The van der Waals surface area contributed by atoms with Crippen LogP contribution in [0.3, 0.4) is 0 Å². The second kappa shape index (κ2) is 33.5. The molecular weight excluding hydrogens is 598 g/mol. The average Bonchev–Trinajstić information content (AvgIpc) is 3.08. The first kappa shape index (κ1) is 44.0. The molecule has 0 aliphatic carbocycles. The minimum atomic E-state index is -0.354. The Morgan fingerprint density at radius 3 is 0.938 bits per heavy atom. The first-order chi connectivity index (χ1) is 23.6. The molecule has 0 saturated carbocycles. The summed E-state index contributed by atoms with van der Waals surface area (Å²) < 4.78 is 18.7. The zero-order valence-electron chi connectivity index (χ0n) is 32.0. The molecule has 0 spiro atoms. The van der Waals surface area contributed by atoms with Crippen LogP contribution in [0.4, 0.5) is 5.69 Å². The molecule has 0 aliphatic heterocycles. The summed E-state index contributed by atoms with van der Waals surface area (Å²) in [4.78, 5) is 11.5. The van der Waals surface area contributed by atoms with E-state index in [4.69, 9.17) is 14.2 Å². The Labute approximate surface area is 297 Å². The van der Waals surface area contributed by atoms with E-state index in [1.165, 1.54) is 166 Å². The van der Waals surface area contributed by atoms with Gasteiger partial charge in [0.1, 0.15) is 0 Å². The zero-order valence-corrected chi connectivity index (χ0v) is 32.0. The highest BCUT2D eigenvalue weighted by Gasteiger charge is 2.21. The Morgan fingerprint density at radius 1 is 0.417 bits per heavy atom. The van der Waals surface area contributed by atoms with Gasteiger partial charge in [0, 0.05) is 0 Å². The number of unbranched alkanes of at least 4 members (excludes halogenated alkanes) is 27. The maximum atomic E-state index is 11.8. The second-order valence-electron chi connectivity index (χ2n) is 14.1. The number of nitro groups is 1. The summed E-state index contributed by atoms with van der Waals surface area (Å²) in [5.74, 6) is 1.44. The van der Waals surface area contributed by atoms with Crippen LogP contribution in [0.15, 0.2) is 12.1 Å². The van der Waals surface area contributed by atoms with Gasteiger partial charge in [0.25, 0.3) is 5.69 Å². The maximum Gasteiger partial charge on any atom is 0.277 e. The molecule has 0 saturated heterocycles. The third-order valence-electron chi connectivity index (χ3n) is 9.47. The van der Waals surface area contributed by atoms with E-state index in [9.17, 15) is 10.1 Å². The molecule has 6 nitrogen and oxygen atoms in total. The number of nitro benzene ring substituents is 1. The molecule has 1 rings (SSSR count). The monoisotopic (exact) mass is 676 g/mol. The minimum absolute atomic E-state index is 0.00238. The standard InChI is InChI=1S/C42H77NO5/c1-4-7-10-13-16-19-22-25-28-31-34-46-40-37-39(43(44)45)38-41(47-35-32-29-26-23-20-17-14-11-8-5-2)42(40)48-36-33-30-27-24-21-18-15-12-9-6-3/h37-38H,4-36H2,1-3H3. The van der Waals surface area contributed by atoms with Gasteiger partial charge in [0.2, 0.25) is 5.75 Å². The van der Waals surface area contributed by atoms with E-state index >= 15 is 0 Å². The Balaban J connectivity index is 2.61. The molecule has 0 heterocycles. The molecule has 280 valence electrons. The number of hydrogen-bond acceptors (Lipinski definition) is 5. The van der Waals surface area contributed by atoms with Gasteiger partial charge in [-0.1, -0.05) is 194 Å². The summed E-state index contributed by atoms with van der Waals surface area (Å²) >= 11 is 0. The third kappa shape index (κ3) is 25.1. The lowest BCUT2D eigenvalue weighted by Crippen LogP contribution is -2.07. The average molecular weight is 676 g/mol. The molecule has 0 aliphatic rings.